The largest absolute Gasteiger partial charge is 0.673 e. The van der Waals surface area contributed by atoms with Crippen LogP contribution in [0.1, 0.15) is 20.8 Å². The van der Waals surface area contributed by atoms with Gasteiger partial charge in [-0.1, -0.05) is 0 Å². The molecule has 0 aromatic carbocycles. The number of rotatable bonds is 5. The van der Waals surface area contributed by atoms with E-state index in [0.717, 1.165) is 6.35 Å². The first-order valence-electron chi connectivity index (χ1n) is 4.96. The van der Waals surface area contributed by atoms with Gasteiger partial charge in [-0.15, -0.1) is 0 Å². The average molecular weight is 250 g/mol. The van der Waals surface area contributed by atoms with Crippen LogP contribution in [-0.4, -0.2) is 39.2 Å². The zero-order valence-electron chi connectivity index (χ0n) is 9.77. The maximum absolute atomic E-state index is 9.75. The molecule has 7 heteroatoms. The zero-order valence-corrected chi connectivity index (χ0v) is 10.7. The van der Waals surface area contributed by atoms with Gasteiger partial charge in [-0.05, 0) is 20.8 Å². The van der Waals surface area contributed by atoms with Crippen molar-refractivity contribution in [3.8, 4) is 0 Å². The molecule has 0 saturated carbocycles. The van der Waals surface area contributed by atoms with E-state index in [9.17, 15) is 17.3 Å². The highest BCUT2D eigenvalue weighted by atomic mass is 31.2. The lowest BCUT2D eigenvalue weighted by atomic mass is 10.3. The van der Waals surface area contributed by atoms with Crippen molar-refractivity contribution in [2.45, 2.75) is 20.8 Å². The van der Waals surface area contributed by atoms with Gasteiger partial charge in [0.1, 0.15) is 0 Å². The van der Waals surface area contributed by atoms with Crippen molar-refractivity contribution in [1.82, 2.24) is 0 Å². The first kappa shape index (κ1) is 17.6. The second-order valence-electron chi connectivity index (χ2n) is 3.20. The summed E-state index contributed by atoms with van der Waals surface area (Å²) in [5.74, 6) is 0. The average Bonchev–Trinajstić information content (AvgIpc) is 2.12. The Balaban J connectivity index is 0. The van der Waals surface area contributed by atoms with Crippen molar-refractivity contribution in [2.75, 3.05) is 31.9 Å². The molecule has 0 heterocycles. The highest BCUT2D eigenvalue weighted by Gasteiger charge is 2.30. The summed E-state index contributed by atoms with van der Waals surface area (Å²) in [7, 11) is -4.85. The molecule has 0 N–H and O–H groups in total. The predicted octanol–water partition coefficient (Wildman–Crippen LogP) is 3.97. The molecule has 0 rings (SSSR count). The summed E-state index contributed by atoms with van der Waals surface area (Å²) in [5, 5.41) is 0. The van der Waals surface area contributed by atoms with Gasteiger partial charge in [0.2, 0.25) is 0 Å². The van der Waals surface area contributed by atoms with Crippen molar-refractivity contribution in [3.63, 3.8) is 0 Å². The summed E-state index contributed by atoms with van der Waals surface area (Å²) in [6, 6.07) is 0. The molecular weight excluding hydrogens is 230 g/mol. The van der Waals surface area contributed by atoms with E-state index < -0.39 is 14.5 Å². The second-order valence-corrected chi connectivity index (χ2v) is 8.04. The Hall–Kier alpha value is 0.175. The molecule has 0 radical (unpaired) electrons. The van der Waals surface area contributed by atoms with Gasteiger partial charge in [-0.2, -0.15) is 0 Å². The summed E-state index contributed by atoms with van der Waals surface area (Å²) in [6.07, 6.45) is 5.05. The van der Waals surface area contributed by atoms with E-state index in [1.807, 2.05) is 7.11 Å². The van der Waals surface area contributed by atoms with Crippen molar-refractivity contribution < 1.29 is 22.0 Å². The van der Waals surface area contributed by atoms with Crippen LogP contribution in [0.2, 0.25) is 0 Å². The van der Waals surface area contributed by atoms with Gasteiger partial charge in [0.15, 0.2) is 6.35 Å². The lowest BCUT2D eigenvalue weighted by Gasteiger charge is -2.21. The highest BCUT2D eigenvalue weighted by molar-refractivity contribution is 7.75. The molecule has 0 fully saturated rings. The van der Waals surface area contributed by atoms with Gasteiger partial charge in [0, 0.05) is 14.4 Å². The SMILES string of the molecule is CC[P+](CC)(CC)COC.F[B-](F)(F)F. The molecule has 0 bridgehead atoms. The van der Waals surface area contributed by atoms with E-state index in [1.165, 1.54) is 18.5 Å². The Morgan fingerprint density at radius 2 is 1.20 bits per heavy atom. The molecule has 0 aliphatic carbocycles. The third-order valence-corrected chi connectivity index (χ3v) is 7.25. The summed E-state index contributed by atoms with van der Waals surface area (Å²) < 4.78 is 44.2. The van der Waals surface area contributed by atoms with Crippen LogP contribution in [0.25, 0.3) is 0 Å². The van der Waals surface area contributed by atoms with Crippen LogP contribution >= 0.6 is 7.26 Å². The highest BCUT2D eigenvalue weighted by Crippen LogP contribution is 2.57. The quantitative estimate of drug-likeness (QED) is 0.407. The van der Waals surface area contributed by atoms with Gasteiger partial charge < -0.3 is 22.0 Å². The summed E-state index contributed by atoms with van der Waals surface area (Å²) in [5.41, 5.74) is 0. The molecule has 94 valence electrons. The van der Waals surface area contributed by atoms with Crippen molar-refractivity contribution in [2.24, 2.45) is 0 Å². The van der Waals surface area contributed by atoms with Crippen LogP contribution in [0.5, 0.6) is 0 Å². The maximum Gasteiger partial charge on any atom is 0.673 e. The fourth-order valence-electron chi connectivity index (χ4n) is 1.22. The van der Waals surface area contributed by atoms with E-state index >= 15 is 0 Å². The van der Waals surface area contributed by atoms with E-state index in [2.05, 4.69) is 20.8 Å². The molecule has 0 aromatic rings. The van der Waals surface area contributed by atoms with Crippen LogP contribution in [0, 0.1) is 0 Å². The summed E-state index contributed by atoms with van der Waals surface area (Å²) in [6.45, 7) is 6.87. The predicted molar refractivity (Wildman–Crippen MR) is 60.6 cm³/mol. The molecule has 0 atom stereocenters. The van der Waals surface area contributed by atoms with Crippen molar-refractivity contribution >= 4 is 14.5 Å². The van der Waals surface area contributed by atoms with Gasteiger partial charge in [0.25, 0.3) is 0 Å². The van der Waals surface area contributed by atoms with Gasteiger partial charge in [0.05, 0.1) is 18.5 Å². The Labute approximate surface area is 90.0 Å². The lowest BCUT2D eigenvalue weighted by molar-refractivity contribution is 0.252. The number of hydrogen-bond donors (Lipinski definition) is 0. The smallest absolute Gasteiger partial charge is 0.418 e. The Bertz CT molecular complexity index is 136. The molecule has 15 heavy (non-hydrogen) atoms. The molecule has 0 amide bonds. The summed E-state index contributed by atoms with van der Waals surface area (Å²) in [4.78, 5) is 0. The zero-order chi connectivity index (χ0) is 12.5. The third kappa shape index (κ3) is 12.1. The van der Waals surface area contributed by atoms with Gasteiger partial charge in [-0.3, -0.25) is 0 Å². The Morgan fingerprint density at radius 1 is 0.933 bits per heavy atom. The van der Waals surface area contributed by atoms with Crippen molar-refractivity contribution in [1.29, 1.82) is 0 Å². The second kappa shape index (κ2) is 8.34. The third-order valence-electron chi connectivity index (χ3n) is 2.42. The van der Waals surface area contributed by atoms with E-state index in [1.54, 1.807) is 0 Å². The van der Waals surface area contributed by atoms with Crippen LogP contribution in [-0.2, 0) is 4.74 Å². The first-order valence-corrected chi connectivity index (χ1v) is 7.49. The van der Waals surface area contributed by atoms with Crippen LogP contribution < -0.4 is 0 Å². The van der Waals surface area contributed by atoms with Crippen LogP contribution in [0.15, 0.2) is 0 Å². The molecule has 0 aliphatic rings. The molecule has 0 unspecified atom stereocenters. The number of ether oxygens (including phenoxy) is 1. The minimum Gasteiger partial charge on any atom is -0.418 e. The topological polar surface area (TPSA) is 9.23 Å². The van der Waals surface area contributed by atoms with E-state index in [0.29, 0.717) is 0 Å². The van der Waals surface area contributed by atoms with Gasteiger partial charge >= 0.3 is 7.25 Å². The standard InChI is InChI=1S/C8H20OP.BF4/c1-5-10(6-2,7-3)8-9-4;2-1(3,4)5/h5-8H2,1-4H3;/q+1;-1. The first-order chi connectivity index (χ1) is 6.74. The maximum atomic E-state index is 9.75. The fourth-order valence-corrected chi connectivity index (χ4v) is 3.66. The lowest BCUT2D eigenvalue weighted by Crippen LogP contribution is -2.08. The van der Waals surface area contributed by atoms with E-state index in [-0.39, 0.29) is 0 Å². The molecule has 0 spiro atoms. The van der Waals surface area contributed by atoms with Crippen LogP contribution in [0.3, 0.4) is 0 Å². The van der Waals surface area contributed by atoms with Crippen molar-refractivity contribution in [3.05, 3.63) is 0 Å². The molecule has 1 nitrogen and oxygen atoms in total. The minimum atomic E-state index is -6.00. The number of halogens is 4. The monoisotopic (exact) mass is 250 g/mol. The molecule has 0 saturated heterocycles. The fraction of sp³-hybridized carbons (Fsp3) is 1.00. The minimum absolute atomic E-state index is 0.661. The molecule has 0 aromatic heterocycles. The van der Waals surface area contributed by atoms with E-state index in [4.69, 9.17) is 4.74 Å². The van der Waals surface area contributed by atoms with Crippen LogP contribution in [0.4, 0.5) is 17.3 Å². The Kier molecular flexibility index (Phi) is 9.77. The Morgan fingerprint density at radius 3 is 1.27 bits per heavy atom. The number of methoxy groups -OCH3 is 1. The van der Waals surface area contributed by atoms with Gasteiger partial charge in [-0.25, -0.2) is 0 Å². The molecular formula is C8H20BF4OP. The normalized spacial score (nSPS) is 12.0. The molecule has 0 aliphatic heterocycles. The summed E-state index contributed by atoms with van der Waals surface area (Å²) >= 11 is 0. The number of hydrogen-bond acceptors (Lipinski definition) is 1.